The first-order valence-corrected chi connectivity index (χ1v) is 6.33. The van der Waals surface area contributed by atoms with Crippen molar-refractivity contribution < 1.29 is 0 Å². The van der Waals surface area contributed by atoms with E-state index in [0.29, 0.717) is 0 Å². The van der Waals surface area contributed by atoms with Gasteiger partial charge in [-0.05, 0) is 19.1 Å². The molecule has 1 aromatic heterocycles. The first kappa shape index (κ1) is 12.3. The smallest absolute Gasteiger partial charge is 0.128 e. The molecule has 0 atom stereocenters. The first-order chi connectivity index (χ1) is 8.25. The van der Waals surface area contributed by atoms with Crippen molar-refractivity contribution in [2.45, 2.75) is 6.92 Å². The third-order valence-corrected chi connectivity index (χ3v) is 3.23. The molecule has 1 aliphatic heterocycles. The second-order valence-electron chi connectivity index (χ2n) is 4.65. The molecule has 2 rings (SSSR count). The van der Waals surface area contributed by atoms with Crippen LogP contribution < -0.4 is 10.2 Å². The third kappa shape index (κ3) is 3.68. The number of nitrogens with one attached hydrogen (secondary N) is 1. The maximum Gasteiger partial charge on any atom is 0.128 e. The van der Waals surface area contributed by atoms with Gasteiger partial charge in [-0.15, -0.1) is 0 Å². The van der Waals surface area contributed by atoms with Crippen molar-refractivity contribution in [2.24, 2.45) is 0 Å². The maximum atomic E-state index is 4.53. The van der Waals surface area contributed by atoms with Crippen LogP contribution >= 0.6 is 0 Å². The minimum absolute atomic E-state index is 1.04. The van der Waals surface area contributed by atoms with E-state index >= 15 is 0 Å². The lowest BCUT2D eigenvalue weighted by molar-refractivity contribution is 0.246. The molecule has 1 fully saturated rings. The van der Waals surface area contributed by atoms with Crippen molar-refractivity contribution in [3.8, 4) is 0 Å². The van der Waals surface area contributed by atoms with Crippen LogP contribution in [0.25, 0.3) is 0 Å². The largest absolute Gasteiger partial charge is 0.358 e. The second-order valence-corrected chi connectivity index (χ2v) is 4.65. The topological polar surface area (TPSA) is 31.4 Å². The van der Waals surface area contributed by atoms with Crippen LogP contribution in [0.1, 0.15) is 5.69 Å². The summed E-state index contributed by atoms with van der Waals surface area (Å²) in [5, 5.41) is 3.37. The van der Waals surface area contributed by atoms with Crippen molar-refractivity contribution in [3.05, 3.63) is 23.9 Å². The number of hydrogen-bond donors (Lipinski definition) is 1. The second kappa shape index (κ2) is 5.98. The van der Waals surface area contributed by atoms with E-state index in [1.807, 2.05) is 13.0 Å². The van der Waals surface area contributed by atoms with Crippen LogP contribution in [0.5, 0.6) is 0 Å². The van der Waals surface area contributed by atoms with Gasteiger partial charge >= 0.3 is 0 Å². The molecule has 17 heavy (non-hydrogen) atoms. The van der Waals surface area contributed by atoms with Crippen molar-refractivity contribution >= 4 is 5.82 Å². The fourth-order valence-corrected chi connectivity index (χ4v) is 2.08. The van der Waals surface area contributed by atoms with Gasteiger partial charge in [0.25, 0.3) is 0 Å². The molecule has 4 nitrogen and oxygen atoms in total. The summed E-state index contributed by atoms with van der Waals surface area (Å²) in [5.74, 6) is 1.07. The molecule has 1 saturated heterocycles. The number of aromatic nitrogens is 1. The van der Waals surface area contributed by atoms with Crippen LogP contribution in [0.15, 0.2) is 18.2 Å². The van der Waals surface area contributed by atoms with Gasteiger partial charge in [0.15, 0.2) is 0 Å². The number of hydrogen-bond acceptors (Lipinski definition) is 4. The predicted octanol–water partition coefficient (Wildman–Crippen LogP) is 0.731. The lowest BCUT2D eigenvalue weighted by Gasteiger charge is -2.29. The summed E-state index contributed by atoms with van der Waals surface area (Å²) in [4.78, 5) is 9.27. The quantitative estimate of drug-likeness (QED) is 0.832. The molecule has 0 spiro atoms. The highest BCUT2D eigenvalue weighted by Crippen LogP contribution is 2.08. The van der Waals surface area contributed by atoms with E-state index in [2.05, 4.69) is 39.3 Å². The Hall–Kier alpha value is -1.13. The Labute approximate surface area is 104 Å². The fourth-order valence-electron chi connectivity index (χ4n) is 2.08. The fraction of sp³-hybridized carbons (Fsp3) is 0.615. The molecule has 1 N–H and O–H groups in total. The Morgan fingerprint density at radius 3 is 2.82 bits per heavy atom. The Morgan fingerprint density at radius 1 is 1.35 bits per heavy atom. The maximum absolute atomic E-state index is 4.53. The van der Waals surface area contributed by atoms with Gasteiger partial charge in [-0.1, -0.05) is 6.07 Å². The summed E-state index contributed by atoms with van der Waals surface area (Å²) in [6.07, 6.45) is 0. The van der Waals surface area contributed by atoms with E-state index in [1.165, 1.54) is 0 Å². The molecule has 1 aromatic rings. The molecule has 0 unspecified atom stereocenters. The lowest BCUT2D eigenvalue weighted by Crippen LogP contribution is -2.46. The molecule has 1 aliphatic rings. The molecule has 0 bridgehead atoms. The molecule has 0 amide bonds. The lowest BCUT2D eigenvalue weighted by atomic mass is 10.3. The molecule has 4 heteroatoms. The van der Waals surface area contributed by atoms with Gasteiger partial charge in [-0.3, -0.25) is 4.90 Å². The van der Waals surface area contributed by atoms with E-state index in [0.717, 1.165) is 50.8 Å². The van der Waals surface area contributed by atoms with Crippen LogP contribution in [-0.2, 0) is 0 Å². The van der Waals surface area contributed by atoms with Crippen LogP contribution in [0.2, 0.25) is 0 Å². The summed E-state index contributed by atoms with van der Waals surface area (Å²) < 4.78 is 0. The van der Waals surface area contributed by atoms with Gasteiger partial charge in [-0.25, -0.2) is 4.98 Å². The minimum atomic E-state index is 1.04. The van der Waals surface area contributed by atoms with Crippen molar-refractivity contribution in [1.29, 1.82) is 0 Å². The Kier molecular flexibility index (Phi) is 4.34. The van der Waals surface area contributed by atoms with E-state index in [-0.39, 0.29) is 0 Å². The zero-order valence-corrected chi connectivity index (χ0v) is 10.8. The number of anilines is 1. The number of nitrogens with zero attached hydrogens (tertiary/aromatic N) is 3. The normalized spacial score (nSPS) is 17.1. The third-order valence-electron chi connectivity index (χ3n) is 3.23. The average molecular weight is 234 g/mol. The molecular weight excluding hydrogens is 212 g/mol. The van der Waals surface area contributed by atoms with E-state index < -0.39 is 0 Å². The van der Waals surface area contributed by atoms with Crippen LogP contribution in [0.3, 0.4) is 0 Å². The summed E-state index contributed by atoms with van der Waals surface area (Å²) >= 11 is 0. The minimum Gasteiger partial charge on any atom is -0.358 e. The van der Waals surface area contributed by atoms with Crippen LogP contribution in [0.4, 0.5) is 5.82 Å². The number of pyridine rings is 1. The highest BCUT2D eigenvalue weighted by atomic mass is 15.2. The number of piperazine rings is 1. The van der Waals surface area contributed by atoms with Crippen LogP contribution in [0, 0.1) is 6.92 Å². The van der Waals surface area contributed by atoms with Gasteiger partial charge < -0.3 is 10.2 Å². The van der Waals surface area contributed by atoms with Gasteiger partial charge in [-0.2, -0.15) is 0 Å². The van der Waals surface area contributed by atoms with E-state index in [1.54, 1.807) is 0 Å². The van der Waals surface area contributed by atoms with Crippen molar-refractivity contribution in [1.82, 2.24) is 15.2 Å². The summed E-state index contributed by atoms with van der Waals surface area (Å²) in [5.41, 5.74) is 1.08. The van der Waals surface area contributed by atoms with Gasteiger partial charge in [0.05, 0.1) is 0 Å². The van der Waals surface area contributed by atoms with Crippen molar-refractivity contribution in [2.75, 3.05) is 51.2 Å². The highest BCUT2D eigenvalue weighted by Gasteiger charge is 2.10. The standard InChI is InChI=1S/C13H22N4/c1-12-4-3-5-13(15-12)16(2)10-11-17-8-6-14-7-9-17/h3-5,14H,6-11H2,1-2H3. The number of aryl methyl sites for hydroxylation is 1. The van der Waals surface area contributed by atoms with E-state index in [9.17, 15) is 0 Å². The van der Waals surface area contributed by atoms with Gasteiger partial charge in [0.2, 0.25) is 0 Å². The molecule has 0 saturated carbocycles. The Bertz CT molecular complexity index is 347. The monoisotopic (exact) mass is 234 g/mol. The number of rotatable bonds is 4. The summed E-state index contributed by atoms with van der Waals surface area (Å²) in [6, 6.07) is 6.18. The Morgan fingerprint density at radius 2 is 2.12 bits per heavy atom. The molecule has 94 valence electrons. The first-order valence-electron chi connectivity index (χ1n) is 6.33. The SMILES string of the molecule is Cc1cccc(N(C)CCN2CCNCC2)n1. The van der Waals surface area contributed by atoms with Gasteiger partial charge in [0.1, 0.15) is 5.82 Å². The molecular formula is C13H22N4. The molecule has 0 radical (unpaired) electrons. The summed E-state index contributed by atoms with van der Waals surface area (Å²) in [7, 11) is 2.12. The molecule has 2 heterocycles. The highest BCUT2D eigenvalue weighted by molar-refractivity contribution is 5.37. The van der Waals surface area contributed by atoms with Gasteiger partial charge in [0, 0.05) is 52.0 Å². The van der Waals surface area contributed by atoms with E-state index in [4.69, 9.17) is 0 Å². The molecule has 0 aliphatic carbocycles. The zero-order chi connectivity index (χ0) is 12.1. The molecule has 0 aromatic carbocycles. The predicted molar refractivity (Wildman–Crippen MR) is 71.6 cm³/mol. The Balaban J connectivity index is 1.82. The number of likely N-dealkylation sites (N-methyl/N-ethyl adjacent to an activating group) is 1. The zero-order valence-electron chi connectivity index (χ0n) is 10.8. The van der Waals surface area contributed by atoms with Crippen LogP contribution in [-0.4, -0.2) is 56.2 Å². The van der Waals surface area contributed by atoms with Crippen molar-refractivity contribution in [3.63, 3.8) is 0 Å². The summed E-state index contributed by atoms with van der Waals surface area (Å²) in [6.45, 7) is 8.75. The average Bonchev–Trinajstić information content (AvgIpc) is 2.37.